The molecule has 1 fully saturated rings. The van der Waals surface area contributed by atoms with Crippen molar-refractivity contribution in [2.75, 3.05) is 19.7 Å². The summed E-state index contributed by atoms with van der Waals surface area (Å²) in [5, 5.41) is 14.2. The summed E-state index contributed by atoms with van der Waals surface area (Å²) in [6, 6.07) is 5.10. The summed E-state index contributed by atoms with van der Waals surface area (Å²) >= 11 is 0. The first kappa shape index (κ1) is 21.1. The van der Waals surface area contributed by atoms with Crippen LogP contribution in [0.5, 0.6) is 5.75 Å². The SMILES string of the molecule is CCNC(=NCCCCn1cnnc1)NC(C)c1ccc(OCC2CC2)c(F)c1. The molecule has 0 spiro atoms. The van der Waals surface area contributed by atoms with E-state index in [1.54, 1.807) is 24.8 Å². The minimum Gasteiger partial charge on any atom is -0.490 e. The van der Waals surface area contributed by atoms with Crippen LogP contribution < -0.4 is 15.4 Å². The minimum atomic E-state index is -0.312. The maximum absolute atomic E-state index is 14.4. The summed E-state index contributed by atoms with van der Waals surface area (Å²) in [7, 11) is 0. The monoisotopic (exact) mass is 402 g/mol. The lowest BCUT2D eigenvalue weighted by molar-refractivity contribution is 0.285. The molecule has 1 unspecified atom stereocenters. The number of aryl methyl sites for hydroxylation is 1. The van der Waals surface area contributed by atoms with E-state index in [1.807, 2.05) is 24.5 Å². The molecule has 3 rings (SSSR count). The molecule has 1 heterocycles. The second-order valence-corrected chi connectivity index (χ2v) is 7.48. The molecule has 2 N–H and O–H groups in total. The van der Waals surface area contributed by atoms with Gasteiger partial charge in [0.1, 0.15) is 12.7 Å². The fourth-order valence-electron chi connectivity index (χ4n) is 2.94. The molecule has 0 aliphatic heterocycles. The minimum absolute atomic E-state index is 0.0724. The fourth-order valence-corrected chi connectivity index (χ4v) is 2.94. The first-order valence-corrected chi connectivity index (χ1v) is 10.4. The second kappa shape index (κ2) is 10.8. The van der Waals surface area contributed by atoms with Gasteiger partial charge in [-0.05, 0) is 63.1 Å². The molecule has 0 amide bonds. The highest BCUT2D eigenvalue weighted by Gasteiger charge is 2.22. The lowest BCUT2D eigenvalue weighted by atomic mass is 10.1. The molecule has 1 aliphatic carbocycles. The number of aromatic nitrogens is 3. The largest absolute Gasteiger partial charge is 0.490 e. The topological polar surface area (TPSA) is 76.4 Å². The molecule has 7 nitrogen and oxygen atoms in total. The zero-order chi connectivity index (χ0) is 20.5. The third-order valence-electron chi connectivity index (χ3n) is 4.89. The van der Waals surface area contributed by atoms with Gasteiger partial charge in [0.15, 0.2) is 17.5 Å². The predicted octanol–water partition coefficient (Wildman–Crippen LogP) is 3.30. The van der Waals surface area contributed by atoms with Crippen LogP contribution in [0.15, 0.2) is 35.8 Å². The Bertz CT molecular complexity index is 775. The van der Waals surface area contributed by atoms with Gasteiger partial charge in [0.2, 0.25) is 0 Å². The summed E-state index contributed by atoms with van der Waals surface area (Å²) in [5.41, 5.74) is 0.861. The average Bonchev–Trinajstić information content (AvgIpc) is 3.40. The van der Waals surface area contributed by atoms with Crippen LogP contribution in [-0.2, 0) is 6.54 Å². The zero-order valence-electron chi connectivity index (χ0n) is 17.3. The van der Waals surface area contributed by atoms with Crippen LogP contribution >= 0.6 is 0 Å². The Labute approximate surface area is 171 Å². The van der Waals surface area contributed by atoms with Gasteiger partial charge in [0, 0.05) is 19.6 Å². The molecular formula is C21H31FN6O. The number of nitrogens with zero attached hydrogens (tertiary/aromatic N) is 4. The van der Waals surface area contributed by atoms with Crippen LogP contribution in [0.3, 0.4) is 0 Å². The van der Waals surface area contributed by atoms with Gasteiger partial charge in [-0.3, -0.25) is 4.99 Å². The quantitative estimate of drug-likeness (QED) is 0.343. The normalized spacial score (nSPS) is 15.2. The van der Waals surface area contributed by atoms with Crippen molar-refractivity contribution in [3.05, 3.63) is 42.2 Å². The number of hydrogen-bond acceptors (Lipinski definition) is 4. The van der Waals surface area contributed by atoms with E-state index in [0.29, 0.717) is 24.8 Å². The number of nitrogens with one attached hydrogen (secondary N) is 2. The van der Waals surface area contributed by atoms with E-state index in [0.717, 1.165) is 37.5 Å². The standard InChI is InChI=1S/C21H31FN6O/c1-3-23-21(24-10-4-5-11-28-14-25-26-15-28)27-16(2)18-8-9-20(19(22)12-18)29-13-17-6-7-17/h8-9,12,14-17H,3-7,10-11,13H2,1-2H3,(H2,23,24,27). The number of hydrogen-bond donors (Lipinski definition) is 2. The Kier molecular flexibility index (Phi) is 7.84. The maximum atomic E-state index is 14.4. The Hall–Kier alpha value is -2.64. The van der Waals surface area contributed by atoms with Crippen LogP contribution in [0.4, 0.5) is 4.39 Å². The van der Waals surface area contributed by atoms with Crippen molar-refractivity contribution in [1.82, 2.24) is 25.4 Å². The van der Waals surface area contributed by atoms with Gasteiger partial charge in [-0.1, -0.05) is 6.07 Å². The van der Waals surface area contributed by atoms with E-state index in [2.05, 4.69) is 25.8 Å². The van der Waals surface area contributed by atoms with Gasteiger partial charge in [-0.25, -0.2) is 4.39 Å². The number of aliphatic imine (C=N–C) groups is 1. The second-order valence-electron chi connectivity index (χ2n) is 7.48. The third-order valence-corrected chi connectivity index (χ3v) is 4.89. The molecule has 0 bridgehead atoms. The van der Waals surface area contributed by atoms with Crippen molar-refractivity contribution in [2.45, 2.75) is 52.1 Å². The Morgan fingerprint density at radius 3 is 2.79 bits per heavy atom. The van der Waals surface area contributed by atoms with E-state index in [1.165, 1.54) is 12.8 Å². The third kappa shape index (κ3) is 7.03. The molecule has 1 aliphatic rings. The van der Waals surface area contributed by atoms with Gasteiger partial charge < -0.3 is 19.9 Å². The summed E-state index contributed by atoms with van der Waals surface area (Å²) < 4.78 is 21.9. The van der Waals surface area contributed by atoms with Gasteiger partial charge in [-0.2, -0.15) is 0 Å². The van der Waals surface area contributed by atoms with Crippen molar-refractivity contribution >= 4 is 5.96 Å². The Morgan fingerprint density at radius 2 is 2.10 bits per heavy atom. The Morgan fingerprint density at radius 1 is 1.31 bits per heavy atom. The number of ether oxygens (including phenoxy) is 1. The molecule has 1 aromatic carbocycles. The predicted molar refractivity (Wildman–Crippen MR) is 111 cm³/mol. The summed E-state index contributed by atoms with van der Waals surface area (Å²) in [6.07, 6.45) is 7.78. The van der Waals surface area contributed by atoms with E-state index >= 15 is 0 Å². The molecule has 2 aromatic rings. The lowest BCUT2D eigenvalue weighted by Crippen LogP contribution is -2.38. The summed E-state index contributed by atoms with van der Waals surface area (Å²) in [6.45, 7) is 7.00. The van der Waals surface area contributed by atoms with Gasteiger partial charge in [0.05, 0.1) is 12.6 Å². The van der Waals surface area contributed by atoms with Gasteiger partial charge >= 0.3 is 0 Å². The van der Waals surface area contributed by atoms with E-state index in [-0.39, 0.29) is 11.9 Å². The van der Waals surface area contributed by atoms with Crippen LogP contribution in [0.2, 0.25) is 0 Å². The number of benzene rings is 1. The molecule has 8 heteroatoms. The van der Waals surface area contributed by atoms with E-state index < -0.39 is 0 Å². The first-order chi connectivity index (χ1) is 14.2. The molecule has 1 saturated carbocycles. The van der Waals surface area contributed by atoms with Crippen LogP contribution in [0.25, 0.3) is 0 Å². The highest BCUT2D eigenvalue weighted by atomic mass is 19.1. The van der Waals surface area contributed by atoms with Crippen LogP contribution in [0.1, 0.15) is 51.1 Å². The highest BCUT2D eigenvalue weighted by molar-refractivity contribution is 5.80. The number of unbranched alkanes of at least 4 members (excludes halogenated alkanes) is 1. The lowest BCUT2D eigenvalue weighted by Gasteiger charge is -2.19. The molecule has 29 heavy (non-hydrogen) atoms. The molecular weight excluding hydrogens is 371 g/mol. The fraction of sp³-hybridized carbons (Fsp3) is 0.571. The first-order valence-electron chi connectivity index (χ1n) is 10.4. The van der Waals surface area contributed by atoms with Crippen molar-refractivity contribution in [3.63, 3.8) is 0 Å². The number of rotatable bonds is 11. The number of guanidine groups is 1. The number of halogens is 1. The molecule has 158 valence electrons. The summed E-state index contributed by atoms with van der Waals surface area (Å²) in [4.78, 5) is 4.63. The Balaban J connectivity index is 1.48. The van der Waals surface area contributed by atoms with Crippen molar-refractivity contribution in [2.24, 2.45) is 10.9 Å². The van der Waals surface area contributed by atoms with E-state index in [4.69, 9.17) is 4.74 Å². The average molecular weight is 403 g/mol. The molecule has 1 aromatic heterocycles. The molecule has 1 atom stereocenters. The zero-order valence-corrected chi connectivity index (χ0v) is 17.3. The highest BCUT2D eigenvalue weighted by Crippen LogP contribution is 2.30. The van der Waals surface area contributed by atoms with E-state index in [9.17, 15) is 4.39 Å². The molecule has 0 saturated heterocycles. The van der Waals surface area contributed by atoms with Crippen LogP contribution in [-0.4, -0.2) is 40.4 Å². The smallest absolute Gasteiger partial charge is 0.191 e. The summed E-state index contributed by atoms with van der Waals surface area (Å²) in [5.74, 6) is 1.36. The van der Waals surface area contributed by atoms with Crippen molar-refractivity contribution < 1.29 is 9.13 Å². The molecule has 0 radical (unpaired) electrons. The van der Waals surface area contributed by atoms with Crippen molar-refractivity contribution in [1.29, 1.82) is 0 Å². The maximum Gasteiger partial charge on any atom is 0.191 e. The van der Waals surface area contributed by atoms with Crippen LogP contribution in [0, 0.1) is 11.7 Å². The van der Waals surface area contributed by atoms with Gasteiger partial charge in [0.25, 0.3) is 0 Å². The van der Waals surface area contributed by atoms with Crippen molar-refractivity contribution in [3.8, 4) is 5.75 Å². The van der Waals surface area contributed by atoms with Gasteiger partial charge in [-0.15, -0.1) is 10.2 Å².